The summed E-state index contributed by atoms with van der Waals surface area (Å²) in [7, 11) is 0. The summed E-state index contributed by atoms with van der Waals surface area (Å²) in [6.45, 7) is 13.7. The van der Waals surface area contributed by atoms with Crippen molar-refractivity contribution in [1.82, 2.24) is 19.3 Å². The number of imidazole rings is 1. The maximum absolute atomic E-state index is 4.54. The lowest BCUT2D eigenvalue weighted by Crippen LogP contribution is -2.49. The molecule has 3 heterocycles. The average Bonchev–Trinajstić information content (AvgIpc) is 2.77. The Hall–Kier alpha value is -1.42. The summed E-state index contributed by atoms with van der Waals surface area (Å²) in [6.07, 6.45) is 5.72. The topological polar surface area (TPSA) is 33.4 Å². The van der Waals surface area contributed by atoms with E-state index in [0.717, 1.165) is 5.65 Å². The van der Waals surface area contributed by atoms with Gasteiger partial charge in [-0.15, -0.1) is 0 Å². The largest absolute Gasteiger partial charge is 0.285 e. The number of rotatable bonds is 1. The quantitative estimate of drug-likeness (QED) is 0.788. The second-order valence-electron chi connectivity index (χ2n) is 6.72. The molecule has 19 heavy (non-hydrogen) atoms. The molecule has 0 N–H and O–H groups in total. The highest BCUT2D eigenvalue weighted by Gasteiger charge is 2.51. The van der Waals surface area contributed by atoms with Crippen molar-refractivity contribution in [3.8, 4) is 0 Å². The SMILES string of the molecule is CC(C)N1C(C)(C)c2cnc3cncn3c2C1(C)C. The minimum atomic E-state index is -0.0328. The van der Waals surface area contributed by atoms with E-state index in [4.69, 9.17) is 0 Å². The van der Waals surface area contributed by atoms with Gasteiger partial charge in [0.05, 0.1) is 17.4 Å². The highest BCUT2D eigenvalue weighted by Crippen LogP contribution is 2.50. The summed E-state index contributed by atoms with van der Waals surface area (Å²) < 4.78 is 2.14. The maximum Gasteiger partial charge on any atom is 0.156 e. The van der Waals surface area contributed by atoms with Crippen LogP contribution in [0.3, 0.4) is 0 Å². The summed E-state index contributed by atoms with van der Waals surface area (Å²) >= 11 is 0. The fraction of sp³-hybridized carbons (Fsp3) is 0.600. The van der Waals surface area contributed by atoms with Crippen LogP contribution in [-0.4, -0.2) is 25.3 Å². The molecular formula is C15H22N4. The third-order valence-electron chi connectivity index (χ3n) is 4.40. The Morgan fingerprint density at radius 1 is 1.05 bits per heavy atom. The molecule has 0 amide bonds. The van der Waals surface area contributed by atoms with Gasteiger partial charge in [-0.1, -0.05) is 0 Å². The number of hydrogen-bond donors (Lipinski definition) is 0. The molecule has 0 atom stereocenters. The van der Waals surface area contributed by atoms with Crippen LogP contribution in [-0.2, 0) is 11.1 Å². The lowest BCUT2D eigenvalue weighted by Gasteiger charge is -2.43. The van der Waals surface area contributed by atoms with E-state index in [1.54, 1.807) is 0 Å². The average molecular weight is 258 g/mol. The molecule has 102 valence electrons. The molecule has 2 aromatic rings. The van der Waals surface area contributed by atoms with Crippen molar-refractivity contribution in [1.29, 1.82) is 0 Å². The van der Waals surface area contributed by atoms with E-state index < -0.39 is 0 Å². The predicted octanol–water partition coefficient (Wildman–Crippen LogP) is 2.92. The first-order valence-corrected chi connectivity index (χ1v) is 6.89. The van der Waals surface area contributed by atoms with Crippen LogP contribution in [0, 0.1) is 0 Å². The van der Waals surface area contributed by atoms with Crippen molar-refractivity contribution >= 4 is 5.65 Å². The van der Waals surface area contributed by atoms with Crippen molar-refractivity contribution in [2.75, 3.05) is 0 Å². The molecule has 1 aliphatic heterocycles. The molecule has 3 rings (SSSR count). The van der Waals surface area contributed by atoms with Crippen molar-refractivity contribution in [3.05, 3.63) is 30.0 Å². The zero-order valence-corrected chi connectivity index (χ0v) is 12.6. The molecular weight excluding hydrogens is 236 g/mol. The van der Waals surface area contributed by atoms with Crippen LogP contribution in [0.4, 0.5) is 0 Å². The molecule has 0 saturated heterocycles. The third kappa shape index (κ3) is 1.43. The van der Waals surface area contributed by atoms with E-state index in [-0.39, 0.29) is 11.1 Å². The minimum absolute atomic E-state index is 0.0154. The Morgan fingerprint density at radius 3 is 2.37 bits per heavy atom. The maximum atomic E-state index is 4.54. The summed E-state index contributed by atoms with van der Waals surface area (Å²) in [6, 6.07) is 0.468. The Labute approximate surface area is 114 Å². The normalized spacial score (nSPS) is 21.2. The minimum Gasteiger partial charge on any atom is -0.285 e. The van der Waals surface area contributed by atoms with Crippen LogP contribution >= 0.6 is 0 Å². The van der Waals surface area contributed by atoms with Gasteiger partial charge in [0.25, 0.3) is 0 Å². The summed E-state index contributed by atoms with van der Waals surface area (Å²) in [5.41, 5.74) is 3.49. The molecule has 0 unspecified atom stereocenters. The Morgan fingerprint density at radius 2 is 1.74 bits per heavy atom. The lowest BCUT2D eigenvalue weighted by atomic mass is 9.96. The fourth-order valence-electron chi connectivity index (χ4n) is 4.18. The van der Waals surface area contributed by atoms with Gasteiger partial charge in [-0.3, -0.25) is 9.30 Å². The van der Waals surface area contributed by atoms with Gasteiger partial charge in [-0.25, -0.2) is 9.97 Å². The number of hydrogen-bond acceptors (Lipinski definition) is 3. The van der Waals surface area contributed by atoms with Crippen LogP contribution in [0.1, 0.15) is 52.8 Å². The zero-order valence-electron chi connectivity index (χ0n) is 12.6. The lowest BCUT2D eigenvalue weighted by molar-refractivity contribution is 0.00691. The first kappa shape index (κ1) is 12.6. The monoisotopic (exact) mass is 258 g/mol. The van der Waals surface area contributed by atoms with Gasteiger partial charge in [0.2, 0.25) is 0 Å². The van der Waals surface area contributed by atoms with E-state index in [2.05, 4.69) is 60.8 Å². The van der Waals surface area contributed by atoms with E-state index in [9.17, 15) is 0 Å². The van der Waals surface area contributed by atoms with Gasteiger partial charge in [0.1, 0.15) is 6.33 Å². The third-order valence-corrected chi connectivity index (χ3v) is 4.40. The van der Waals surface area contributed by atoms with Gasteiger partial charge in [-0.05, 0) is 41.5 Å². The van der Waals surface area contributed by atoms with Gasteiger partial charge in [0.15, 0.2) is 5.65 Å². The number of aromatic nitrogens is 3. The Kier molecular flexibility index (Phi) is 2.37. The molecule has 0 bridgehead atoms. The van der Waals surface area contributed by atoms with E-state index >= 15 is 0 Å². The van der Waals surface area contributed by atoms with Gasteiger partial charge in [0, 0.05) is 23.3 Å². The summed E-state index contributed by atoms with van der Waals surface area (Å²) in [4.78, 5) is 11.3. The molecule has 0 aromatic carbocycles. The second kappa shape index (κ2) is 3.57. The fourth-order valence-corrected chi connectivity index (χ4v) is 4.18. The number of fused-ring (bicyclic) bond motifs is 3. The highest BCUT2D eigenvalue weighted by molar-refractivity contribution is 5.46. The summed E-state index contributed by atoms with van der Waals surface area (Å²) in [5.74, 6) is 0. The Balaban J connectivity index is 2.38. The van der Waals surface area contributed by atoms with Crippen molar-refractivity contribution in [2.45, 2.75) is 58.7 Å². The van der Waals surface area contributed by atoms with Gasteiger partial charge >= 0.3 is 0 Å². The van der Waals surface area contributed by atoms with E-state index in [1.165, 1.54) is 11.3 Å². The molecule has 0 fully saturated rings. The first-order valence-electron chi connectivity index (χ1n) is 6.89. The predicted molar refractivity (Wildman–Crippen MR) is 76.0 cm³/mol. The molecule has 0 spiro atoms. The summed E-state index contributed by atoms with van der Waals surface area (Å²) in [5, 5.41) is 0. The smallest absolute Gasteiger partial charge is 0.156 e. The van der Waals surface area contributed by atoms with Gasteiger partial charge in [-0.2, -0.15) is 0 Å². The molecule has 4 heteroatoms. The molecule has 0 aliphatic carbocycles. The zero-order chi connectivity index (χ0) is 14.0. The Bertz CT molecular complexity index is 637. The van der Waals surface area contributed by atoms with Crippen LogP contribution < -0.4 is 0 Å². The molecule has 1 aliphatic rings. The van der Waals surface area contributed by atoms with Crippen LogP contribution in [0.2, 0.25) is 0 Å². The van der Waals surface area contributed by atoms with E-state index in [0.29, 0.717) is 6.04 Å². The molecule has 4 nitrogen and oxygen atoms in total. The van der Waals surface area contributed by atoms with Crippen LogP contribution in [0.25, 0.3) is 5.65 Å². The first-order chi connectivity index (χ1) is 8.78. The molecule has 0 radical (unpaired) electrons. The van der Waals surface area contributed by atoms with Crippen molar-refractivity contribution in [2.24, 2.45) is 0 Å². The second-order valence-corrected chi connectivity index (χ2v) is 6.72. The van der Waals surface area contributed by atoms with Gasteiger partial charge < -0.3 is 0 Å². The van der Waals surface area contributed by atoms with Crippen LogP contribution in [0.5, 0.6) is 0 Å². The van der Waals surface area contributed by atoms with Crippen LogP contribution in [0.15, 0.2) is 18.7 Å². The standard InChI is InChI=1S/C15H22N4/c1-10(2)19-14(3,4)11-7-17-12-8-16-9-18(12)13(11)15(19,5)6/h7-10H,1-6H3. The highest BCUT2D eigenvalue weighted by atomic mass is 15.3. The van der Waals surface area contributed by atoms with Crippen molar-refractivity contribution in [3.63, 3.8) is 0 Å². The molecule has 0 saturated carbocycles. The van der Waals surface area contributed by atoms with E-state index in [1.807, 2.05) is 18.7 Å². The van der Waals surface area contributed by atoms with Crippen molar-refractivity contribution < 1.29 is 0 Å². The number of nitrogens with zero attached hydrogens (tertiary/aromatic N) is 4. The molecule has 2 aromatic heterocycles.